The van der Waals surface area contributed by atoms with Crippen LogP contribution in [0.4, 0.5) is 20.6 Å². The van der Waals surface area contributed by atoms with Crippen molar-refractivity contribution in [2.75, 3.05) is 44.0 Å². The predicted molar refractivity (Wildman–Crippen MR) is 184 cm³/mol. The lowest BCUT2D eigenvalue weighted by atomic mass is 10.0. The molecule has 1 aliphatic rings. The number of benzene rings is 3. The number of ether oxygens (including phenoxy) is 2. The number of carbonyl (C=O) groups is 3. The van der Waals surface area contributed by atoms with E-state index in [1.54, 1.807) is 42.0 Å². The van der Waals surface area contributed by atoms with E-state index >= 15 is 0 Å². The van der Waals surface area contributed by atoms with Gasteiger partial charge in [0.1, 0.15) is 11.6 Å². The summed E-state index contributed by atoms with van der Waals surface area (Å²) in [5.41, 5.74) is 1.92. The van der Waals surface area contributed by atoms with Gasteiger partial charge in [0.2, 0.25) is 5.91 Å². The minimum absolute atomic E-state index is 0.0311. The van der Waals surface area contributed by atoms with Crippen LogP contribution in [-0.4, -0.2) is 84.4 Å². The fraction of sp³-hybridized carbons (Fsp3) is 0.432. The molecule has 0 aromatic heterocycles. The molecule has 4 amide bonds. The molecule has 11 heteroatoms. The monoisotopic (exact) mass is 662 g/mol. The smallest absolute Gasteiger partial charge is 0.323 e. The number of hydrogen-bond donors (Lipinski definition) is 3. The van der Waals surface area contributed by atoms with Crippen LogP contribution < -0.4 is 15.4 Å². The first-order valence-corrected chi connectivity index (χ1v) is 16.5. The van der Waals surface area contributed by atoms with E-state index in [0.29, 0.717) is 30.3 Å². The number of rotatable bonds is 8. The average molecular weight is 663 g/mol. The number of urea groups is 1. The maximum Gasteiger partial charge on any atom is 0.323 e. The SMILES string of the molecule is C[C@@H]1CCCCO[C@H](CN(C)C(=O)Cc2ccccc2)[C@H](C)CN([C@@H](C)CO)C(=O)c2cc(NC(=O)Nc3ccc(F)cc3)ccc2O1. The molecule has 3 aromatic carbocycles. The summed E-state index contributed by atoms with van der Waals surface area (Å²) >= 11 is 0. The lowest BCUT2D eigenvalue weighted by Crippen LogP contribution is -2.48. The number of nitrogens with zero attached hydrogens (tertiary/aromatic N) is 2. The maximum absolute atomic E-state index is 14.3. The quantitative estimate of drug-likeness (QED) is 0.274. The van der Waals surface area contributed by atoms with Crippen molar-refractivity contribution < 1.29 is 33.4 Å². The molecule has 0 aliphatic carbocycles. The van der Waals surface area contributed by atoms with Crippen LogP contribution in [-0.2, 0) is 16.0 Å². The molecule has 1 heterocycles. The van der Waals surface area contributed by atoms with Crippen molar-refractivity contribution in [1.82, 2.24) is 9.80 Å². The van der Waals surface area contributed by atoms with E-state index in [4.69, 9.17) is 9.47 Å². The lowest BCUT2D eigenvalue weighted by molar-refractivity contribution is -0.131. The van der Waals surface area contributed by atoms with E-state index in [0.717, 1.165) is 24.8 Å². The van der Waals surface area contributed by atoms with Crippen molar-refractivity contribution in [3.8, 4) is 5.75 Å². The third-order valence-electron chi connectivity index (χ3n) is 8.49. The molecule has 0 saturated heterocycles. The van der Waals surface area contributed by atoms with Gasteiger partial charge in [-0.05, 0) is 81.1 Å². The number of anilines is 2. The molecule has 10 nitrogen and oxygen atoms in total. The molecule has 258 valence electrons. The molecule has 4 atom stereocenters. The van der Waals surface area contributed by atoms with Crippen LogP contribution in [0.1, 0.15) is 56.0 Å². The molecular formula is C37H47FN4O6. The Morgan fingerprint density at radius 3 is 2.42 bits per heavy atom. The van der Waals surface area contributed by atoms with Crippen LogP contribution in [0.15, 0.2) is 72.8 Å². The number of amides is 4. The van der Waals surface area contributed by atoms with E-state index < -0.39 is 17.9 Å². The number of halogens is 1. The Labute approximate surface area is 282 Å². The Hall–Kier alpha value is -4.48. The third kappa shape index (κ3) is 10.5. The number of hydrogen-bond acceptors (Lipinski definition) is 6. The van der Waals surface area contributed by atoms with Gasteiger partial charge in [0.25, 0.3) is 5.91 Å². The van der Waals surface area contributed by atoms with Crippen LogP contribution in [0.5, 0.6) is 5.75 Å². The highest BCUT2D eigenvalue weighted by Gasteiger charge is 2.31. The summed E-state index contributed by atoms with van der Waals surface area (Å²) < 4.78 is 25.9. The first kappa shape index (κ1) is 36.4. The van der Waals surface area contributed by atoms with Crippen LogP contribution in [0.25, 0.3) is 0 Å². The van der Waals surface area contributed by atoms with Gasteiger partial charge in [0.05, 0.1) is 36.8 Å². The average Bonchev–Trinajstić information content (AvgIpc) is 3.07. The Bertz CT molecular complexity index is 1510. The summed E-state index contributed by atoms with van der Waals surface area (Å²) in [6.45, 7) is 6.49. The standard InChI is InChI=1S/C37H47FN4O6/c1-25-22-42(26(2)24-43)36(45)32-21-31(40-37(46)39-30-15-13-29(38)14-16-30)17-18-33(32)48-27(3)10-8-9-19-47-34(25)23-41(4)35(44)20-28-11-6-5-7-12-28/h5-7,11-18,21,25-27,34,43H,8-10,19-20,22-24H2,1-4H3,(H2,39,40,46)/t25-,26+,27-,34-/m1/s1. The lowest BCUT2D eigenvalue weighted by Gasteiger charge is -2.36. The topological polar surface area (TPSA) is 120 Å². The fourth-order valence-electron chi connectivity index (χ4n) is 5.57. The summed E-state index contributed by atoms with van der Waals surface area (Å²) in [5, 5.41) is 15.6. The first-order chi connectivity index (χ1) is 23.0. The normalized spacial score (nSPS) is 19.7. The van der Waals surface area contributed by atoms with E-state index in [9.17, 15) is 23.9 Å². The number of fused-ring (bicyclic) bond motifs is 1. The molecule has 1 aliphatic heterocycles. The molecule has 0 radical (unpaired) electrons. The maximum atomic E-state index is 14.3. The molecule has 48 heavy (non-hydrogen) atoms. The van der Waals surface area contributed by atoms with Crippen molar-refractivity contribution in [3.05, 3.63) is 89.7 Å². The van der Waals surface area contributed by atoms with Crippen LogP contribution in [0.3, 0.4) is 0 Å². The van der Waals surface area contributed by atoms with Crippen LogP contribution >= 0.6 is 0 Å². The Morgan fingerprint density at radius 2 is 1.71 bits per heavy atom. The minimum Gasteiger partial charge on any atom is -0.490 e. The summed E-state index contributed by atoms with van der Waals surface area (Å²) in [7, 11) is 1.77. The zero-order valence-corrected chi connectivity index (χ0v) is 28.2. The highest BCUT2D eigenvalue weighted by atomic mass is 19.1. The second-order valence-electron chi connectivity index (χ2n) is 12.5. The highest BCUT2D eigenvalue weighted by Crippen LogP contribution is 2.29. The van der Waals surface area contributed by atoms with Gasteiger partial charge in [-0.2, -0.15) is 0 Å². The van der Waals surface area contributed by atoms with Crippen molar-refractivity contribution in [3.63, 3.8) is 0 Å². The van der Waals surface area contributed by atoms with Gasteiger partial charge in [-0.1, -0.05) is 37.3 Å². The highest BCUT2D eigenvalue weighted by molar-refractivity contribution is 6.02. The first-order valence-electron chi connectivity index (χ1n) is 16.5. The molecule has 0 bridgehead atoms. The van der Waals surface area contributed by atoms with Crippen LogP contribution in [0, 0.1) is 11.7 Å². The number of aliphatic hydroxyl groups is 1. The summed E-state index contributed by atoms with van der Waals surface area (Å²) in [6.07, 6.45) is 2.06. The molecule has 0 spiro atoms. The Morgan fingerprint density at radius 1 is 1.02 bits per heavy atom. The van der Waals surface area contributed by atoms with Gasteiger partial charge in [0, 0.05) is 44.0 Å². The molecule has 4 rings (SSSR count). The minimum atomic E-state index is -0.565. The fourth-order valence-corrected chi connectivity index (χ4v) is 5.57. The van der Waals surface area contributed by atoms with Gasteiger partial charge in [-0.15, -0.1) is 0 Å². The predicted octanol–water partition coefficient (Wildman–Crippen LogP) is 5.97. The number of likely N-dealkylation sites (N-methyl/N-ethyl adjacent to an activating group) is 1. The number of nitrogens with one attached hydrogen (secondary N) is 2. The zero-order valence-electron chi connectivity index (χ0n) is 28.2. The Balaban J connectivity index is 1.57. The molecular weight excluding hydrogens is 615 g/mol. The Kier molecular flexibility index (Phi) is 13.3. The van der Waals surface area contributed by atoms with Crippen LogP contribution in [0.2, 0.25) is 0 Å². The van der Waals surface area contributed by atoms with Crippen molar-refractivity contribution in [2.45, 2.75) is 64.7 Å². The van der Waals surface area contributed by atoms with Gasteiger partial charge in [-0.25, -0.2) is 9.18 Å². The summed E-state index contributed by atoms with van der Waals surface area (Å²) in [5.74, 6) is -0.661. The van der Waals surface area contributed by atoms with Gasteiger partial charge < -0.3 is 35.0 Å². The third-order valence-corrected chi connectivity index (χ3v) is 8.49. The summed E-state index contributed by atoms with van der Waals surface area (Å²) in [4.78, 5) is 43.5. The van der Waals surface area contributed by atoms with E-state index in [-0.39, 0.29) is 55.1 Å². The van der Waals surface area contributed by atoms with Crippen molar-refractivity contribution >= 4 is 29.2 Å². The second kappa shape index (κ2) is 17.6. The molecule has 3 N–H and O–H groups in total. The van der Waals surface area contributed by atoms with Gasteiger partial charge >= 0.3 is 6.03 Å². The van der Waals surface area contributed by atoms with E-state index in [1.807, 2.05) is 44.2 Å². The molecule has 0 fully saturated rings. The van der Waals surface area contributed by atoms with Crippen molar-refractivity contribution in [2.24, 2.45) is 5.92 Å². The van der Waals surface area contributed by atoms with Crippen molar-refractivity contribution in [1.29, 1.82) is 0 Å². The zero-order chi connectivity index (χ0) is 34.6. The molecule has 3 aromatic rings. The van der Waals surface area contributed by atoms with E-state index in [2.05, 4.69) is 10.6 Å². The molecule has 0 unspecified atom stereocenters. The number of aliphatic hydroxyl groups excluding tert-OH is 1. The van der Waals surface area contributed by atoms with Gasteiger partial charge in [0.15, 0.2) is 0 Å². The van der Waals surface area contributed by atoms with Gasteiger partial charge in [-0.3, -0.25) is 9.59 Å². The number of carbonyl (C=O) groups excluding carboxylic acids is 3. The largest absolute Gasteiger partial charge is 0.490 e. The summed E-state index contributed by atoms with van der Waals surface area (Å²) in [6, 6.07) is 18.7. The molecule has 0 saturated carbocycles. The second-order valence-corrected chi connectivity index (χ2v) is 12.5. The van der Waals surface area contributed by atoms with E-state index in [1.165, 1.54) is 24.3 Å².